The topological polar surface area (TPSA) is 37.4 Å². The number of ketones is 1. The Balaban J connectivity index is 2.02. The van der Waals surface area contributed by atoms with Crippen LogP contribution in [0.4, 0.5) is 0 Å². The van der Waals surface area contributed by atoms with Crippen molar-refractivity contribution in [3.05, 3.63) is 0 Å². The van der Waals surface area contributed by atoms with Crippen molar-refractivity contribution in [2.45, 2.75) is 39.2 Å². The second kappa shape index (κ2) is 2.56. The summed E-state index contributed by atoms with van der Waals surface area (Å²) in [5, 5.41) is 0. The number of piperidine rings is 1. The number of rotatable bonds is 1. The maximum atomic E-state index is 11.5. The highest BCUT2D eigenvalue weighted by Gasteiger charge is 2.51. The minimum absolute atomic E-state index is 0.0341. The maximum absolute atomic E-state index is 11.5. The van der Waals surface area contributed by atoms with Crippen LogP contribution in [0, 0.1) is 5.41 Å². The molecule has 72 valence electrons. The van der Waals surface area contributed by atoms with Crippen LogP contribution in [0.2, 0.25) is 0 Å². The molecule has 0 aromatic heterocycles. The van der Waals surface area contributed by atoms with Gasteiger partial charge in [0.2, 0.25) is 5.91 Å². The molecular formula is C10H15NO2. The van der Waals surface area contributed by atoms with Gasteiger partial charge in [0.1, 0.15) is 5.78 Å². The molecule has 1 amide bonds. The zero-order valence-electron chi connectivity index (χ0n) is 8.17. The average Bonchev–Trinajstić information content (AvgIpc) is 2.59. The highest BCUT2D eigenvalue weighted by Crippen LogP contribution is 2.49. The van der Waals surface area contributed by atoms with E-state index in [1.54, 1.807) is 0 Å². The zero-order valence-corrected chi connectivity index (χ0v) is 8.17. The second-order valence-corrected chi connectivity index (χ2v) is 4.76. The van der Waals surface area contributed by atoms with Gasteiger partial charge >= 0.3 is 0 Å². The van der Waals surface area contributed by atoms with E-state index in [0.717, 1.165) is 6.42 Å². The lowest BCUT2D eigenvalue weighted by Gasteiger charge is -2.27. The van der Waals surface area contributed by atoms with E-state index >= 15 is 0 Å². The van der Waals surface area contributed by atoms with E-state index in [-0.39, 0.29) is 23.5 Å². The third kappa shape index (κ3) is 1.47. The number of nitrogens with zero attached hydrogens (tertiary/aromatic N) is 1. The summed E-state index contributed by atoms with van der Waals surface area (Å²) in [7, 11) is 0. The average molecular weight is 181 g/mol. The van der Waals surface area contributed by atoms with Gasteiger partial charge in [-0.05, 0) is 11.8 Å². The Morgan fingerprint density at radius 1 is 1.38 bits per heavy atom. The molecular weight excluding hydrogens is 166 g/mol. The van der Waals surface area contributed by atoms with Crippen LogP contribution < -0.4 is 0 Å². The van der Waals surface area contributed by atoms with E-state index in [2.05, 4.69) is 13.8 Å². The summed E-state index contributed by atoms with van der Waals surface area (Å²) in [6, 6.07) is 0.396. The van der Waals surface area contributed by atoms with Gasteiger partial charge in [-0.25, -0.2) is 0 Å². The largest absolute Gasteiger partial charge is 0.338 e. The van der Waals surface area contributed by atoms with Crippen LogP contribution in [0.1, 0.15) is 33.1 Å². The predicted octanol–water partition coefficient (Wildman–Crippen LogP) is 0.976. The molecule has 1 aliphatic carbocycles. The molecule has 0 spiro atoms. The molecule has 1 aliphatic heterocycles. The molecule has 0 bridgehead atoms. The van der Waals surface area contributed by atoms with Crippen LogP contribution in [0.15, 0.2) is 0 Å². The molecule has 3 heteroatoms. The van der Waals surface area contributed by atoms with Gasteiger partial charge in [-0.1, -0.05) is 13.8 Å². The normalized spacial score (nSPS) is 32.2. The fourth-order valence-corrected chi connectivity index (χ4v) is 2.03. The molecule has 2 aliphatic rings. The lowest BCUT2D eigenvalue weighted by atomic mass is 10.1. The Bertz CT molecular complexity index is 270. The molecule has 0 aromatic carbocycles. The molecule has 1 atom stereocenters. The van der Waals surface area contributed by atoms with E-state index in [9.17, 15) is 9.59 Å². The molecule has 1 saturated carbocycles. The SMILES string of the molecule is CC1(C)CC1N1CCC(=O)CC1=O. The molecule has 13 heavy (non-hydrogen) atoms. The number of amides is 1. The van der Waals surface area contributed by atoms with Gasteiger partial charge in [-0.15, -0.1) is 0 Å². The lowest BCUT2D eigenvalue weighted by Crippen LogP contribution is -2.41. The summed E-state index contributed by atoms with van der Waals surface area (Å²) >= 11 is 0. The fraction of sp³-hybridized carbons (Fsp3) is 0.800. The number of carbonyl (C=O) groups is 2. The van der Waals surface area contributed by atoms with Crippen molar-refractivity contribution in [3.63, 3.8) is 0 Å². The molecule has 3 nitrogen and oxygen atoms in total. The third-order valence-electron chi connectivity index (χ3n) is 3.14. The first-order valence-electron chi connectivity index (χ1n) is 4.82. The molecule has 0 radical (unpaired) electrons. The second-order valence-electron chi connectivity index (χ2n) is 4.76. The fourth-order valence-electron chi connectivity index (χ4n) is 2.03. The Kier molecular flexibility index (Phi) is 1.72. The van der Waals surface area contributed by atoms with Crippen molar-refractivity contribution in [2.75, 3.05) is 6.54 Å². The van der Waals surface area contributed by atoms with Crippen molar-refractivity contribution in [1.82, 2.24) is 4.90 Å². The summed E-state index contributed by atoms with van der Waals surface area (Å²) in [5.41, 5.74) is 0.288. The number of Topliss-reactive ketones (excluding diaryl/α,β-unsaturated/α-hetero) is 1. The molecule has 0 aromatic rings. The van der Waals surface area contributed by atoms with Gasteiger partial charge in [0, 0.05) is 19.0 Å². The van der Waals surface area contributed by atoms with Crippen LogP contribution >= 0.6 is 0 Å². The van der Waals surface area contributed by atoms with Crippen LogP contribution in [-0.2, 0) is 9.59 Å². The molecule has 1 saturated heterocycles. The monoisotopic (exact) mass is 181 g/mol. The van der Waals surface area contributed by atoms with Crippen molar-refractivity contribution in [1.29, 1.82) is 0 Å². The smallest absolute Gasteiger partial charge is 0.230 e. The Morgan fingerprint density at radius 2 is 2.00 bits per heavy atom. The van der Waals surface area contributed by atoms with Crippen LogP contribution in [-0.4, -0.2) is 29.2 Å². The molecule has 2 fully saturated rings. The highest BCUT2D eigenvalue weighted by molar-refractivity contribution is 6.00. The Labute approximate surface area is 78.1 Å². The molecule has 0 N–H and O–H groups in total. The summed E-state index contributed by atoms with van der Waals surface area (Å²) in [4.78, 5) is 24.3. The predicted molar refractivity (Wildman–Crippen MR) is 48.1 cm³/mol. The number of hydrogen-bond acceptors (Lipinski definition) is 2. The van der Waals surface area contributed by atoms with Gasteiger partial charge in [0.05, 0.1) is 6.42 Å². The quantitative estimate of drug-likeness (QED) is 0.565. The number of likely N-dealkylation sites (tertiary alicyclic amines) is 1. The first-order valence-corrected chi connectivity index (χ1v) is 4.82. The van der Waals surface area contributed by atoms with Crippen LogP contribution in [0.25, 0.3) is 0 Å². The van der Waals surface area contributed by atoms with Gasteiger partial charge in [-0.3, -0.25) is 9.59 Å². The maximum Gasteiger partial charge on any atom is 0.230 e. The van der Waals surface area contributed by atoms with E-state index in [0.29, 0.717) is 19.0 Å². The van der Waals surface area contributed by atoms with Crippen molar-refractivity contribution < 1.29 is 9.59 Å². The van der Waals surface area contributed by atoms with Crippen LogP contribution in [0.5, 0.6) is 0 Å². The van der Waals surface area contributed by atoms with E-state index in [1.807, 2.05) is 4.90 Å². The van der Waals surface area contributed by atoms with Crippen molar-refractivity contribution in [2.24, 2.45) is 5.41 Å². The summed E-state index contributed by atoms with van der Waals surface area (Å²) < 4.78 is 0. The van der Waals surface area contributed by atoms with E-state index in [1.165, 1.54) is 0 Å². The lowest BCUT2D eigenvalue weighted by molar-refractivity contribution is -0.140. The third-order valence-corrected chi connectivity index (χ3v) is 3.14. The van der Waals surface area contributed by atoms with E-state index in [4.69, 9.17) is 0 Å². The van der Waals surface area contributed by atoms with Crippen molar-refractivity contribution >= 4 is 11.7 Å². The summed E-state index contributed by atoms with van der Waals surface area (Å²) in [5.74, 6) is 0.131. The van der Waals surface area contributed by atoms with Crippen LogP contribution in [0.3, 0.4) is 0 Å². The standard InChI is InChI=1S/C10H15NO2/c1-10(2)6-8(10)11-4-3-7(12)5-9(11)13/h8H,3-6H2,1-2H3. The first-order chi connectivity index (χ1) is 6.00. The van der Waals surface area contributed by atoms with Crippen molar-refractivity contribution in [3.8, 4) is 0 Å². The minimum Gasteiger partial charge on any atom is -0.338 e. The Morgan fingerprint density at radius 3 is 2.46 bits per heavy atom. The van der Waals surface area contributed by atoms with Gasteiger partial charge in [0.15, 0.2) is 0 Å². The molecule has 1 heterocycles. The number of carbonyl (C=O) groups excluding carboxylic acids is 2. The Hall–Kier alpha value is -0.860. The molecule has 2 rings (SSSR count). The molecule has 1 unspecified atom stereocenters. The number of hydrogen-bond donors (Lipinski definition) is 0. The summed E-state index contributed by atoms with van der Waals surface area (Å²) in [6.07, 6.45) is 1.78. The van der Waals surface area contributed by atoms with Gasteiger partial charge in [-0.2, -0.15) is 0 Å². The highest BCUT2D eigenvalue weighted by atomic mass is 16.2. The summed E-state index contributed by atoms with van der Waals surface area (Å²) in [6.45, 7) is 4.98. The van der Waals surface area contributed by atoms with Gasteiger partial charge in [0.25, 0.3) is 0 Å². The van der Waals surface area contributed by atoms with Gasteiger partial charge < -0.3 is 4.90 Å². The van der Waals surface area contributed by atoms with E-state index < -0.39 is 0 Å². The zero-order chi connectivity index (χ0) is 9.64. The minimum atomic E-state index is 0.0341. The first kappa shape index (κ1) is 8.73.